The fourth-order valence-electron chi connectivity index (χ4n) is 2.32. The number of nitrogens with zero attached hydrogens (tertiary/aromatic N) is 1. The Bertz CT molecular complexity index is 592. The molecule has 0 bridgehead atoms. The topological polar surface area (TPSA) is 92.5 Å². The van der Waals surface area contributed by atoms with E-state index in [1.807, 2.05) is 0 Å². The lowest BCUT2D eigenvalue weighted by molar-refractivity contribution is 0.0948. The minimum atomic E-state index is -3.73. The Balaban J connectivity index is 2.49. The Morgan fingerprint density at radius 2 is 1.58 bits per heavy atom. The van der Waals surface area contributed by atoms with Crippen molar-refractivity contribution in [2.75, 3.05) is 26.2 Å². The van der Waals surface area contributed by atoms with Crippen LogP contribution in [0.5, 0.6) is 0 Å². The molecule has 0 unspecified atom stereocenters. The summed E-state index contributed by atoms with van der Waals surface area (Å²) in [7, 11) is -3.73. The summed E-state index contributed by atoms with van der Waals surface area (Å²) in [5.74, 6) is -0.207. The number of hydrogen-bond donors (Lipinski definition) is 2. The predicted octanol–water partition coefficient (Wildman–Crippen LogP) is 1.97. The summed E-state index contributed by atoms with van der Waals surface area (Å²) in [5.41, 5.74) is 0.427. The van der Waals surface area contributed by atoms with Gasteiger partial charge in [-0.25, -0.2) is 13.6 Å². The fourth-order valence-corrected chi connectivity index (χ4v) is 2.84. The van der Waals surface area contributed by atoms with Crippen molar-refractivity contribution in [3.8, 4) is 0 Å². The minimum absolute atomic E-state index is 0.00403. The first-order valence-corrected chi connectivity index (χ1v) is 10.1. The van der Waals surface area contributed by atoms with Crippen molar-refractivity contribution in [3.63, 3.8) is 0 Å². The number of carbonyl (C=O) groups excluding carboxylic acids is 1. The van der Waals surface area contributed by atoms with Gasteiger partial charge in [0.15, 0.2) is 0 Å². The monoisotopic (exact) mass is 355 g/mol. The van der Waals surface area contributed by atoms with Gasteiger partial charge in [0.1, 0.15) is 0 Å². The van der Waals surface area contributed by atoms with E-state index in [4.69, 9.17) is 5.14 Å². The van der Waals surface area contributed by atoms with Crippen molar-refractivity contribution in [2.24, 2.45) is 5.14 Å². The molecule has 0 spiro atoms. The first-order chi connectivity index (χ1) is 11.4. The molecule has 6 nitrogen and oxygen atoms in total. The molecule has 1 aromatic carbocycles. The van der Waals surface area contributed by atoms with Gasteiger partial charge in [-0.1, -0.05) is 26.7 Å². The molecule has 1 amide bonds. The average molecular weight is 356 g/mol. The van der Waals surface area contributed by atoms with E-state index >= 15 is 0 Å². The lowest BCUT2D eigenvalue weighted by Gasteiger charge is -2.22. The van der Waals surface area contributed by atoms with Gasteiger partial charge in [-0.15, -0.1) is 0 Å². The standard InChI is InChI=1S/C17H29N3O3S/c1-3-5-12-20(13-6-4-2)14-11-19-17(21)15-7-9-16(10-8-15)24(18,22)23/h7-10H,3-6,11-14H2,1-2H3,(H,19,21)(H2,18,22,23). The van der Waals surface area contributed by atoms with Crippen LogP contribution in [-0.2, 0) is 10.0 Å². The Kier molecular flexibility index (Phi) is 8.95. The number of unbranched alkanes of at least 4 members (excludes halogenated alkanes) is 2. The van der Waals surface area contributed by atoms with Gasteiger partial charge >= 0.3 is 0 Å². The molecule has 7 heteroatoms. The zero-order valence-electron chi connectivity index (χ0n) is 14.6. The smallest absolute Gasteiger partial charge is 0.251 e. The van der Waals surface area contributed by atoms with E-state index in [-0.39, 0.29) is 10.8 Å². The van der Waals surface area contributed by atoms with E-state index < -0.39 is 10.0 Å². The maximum Gasteiger partial charge on any atom is 0.251 e. The maximum absolute atomic E-state index is 12.1. The summed E-state index contributed by atoms with van der Waals surface area (Å²) >= 11 is 0. The summed E-state index contributed by atoms with van der Waals surface area (Å²) in [5, 5.41) is 7.92. The molecular weight excluding hydrogens is 326 g/mol. The van der Waals surface area contributed by atoms with Crippen LogP contribution in [0, 0.1) is 0 Å². The van der Waals surface area contributed by atoms with E-state index in [1.54, 1.807) is 0 Å². The highest BCUT2D eigenvalue weighted by molar-refractivity contribution is 7.89. The second kappa shape index (κ2) is 10.4. The van der Waals surface area contributed by atoms with E-state index in [9.17, 15) is 13.2 Å². The molecule has 3 N–H and O–H groups in total. The number of hydrogen-bond acceptors (Lipinski definition) is 4. The van der Waals surface area contributed by atoms with Crippen LogP contribution < -0.4 is 10.5 Å². The molecule has 0 saturated carbocycles. The van der Waals surface area contributed by atoms with Gasteiger partial charge in [0, 0.05) is 18.7 Å². The lowest BCUT2D eigenvalue weighted by Crippen LogP contribution is -2.36. The van der Waals surface area contributed by atoms with Crippen molar-refractivity contribution in [1.82, 2.24) is 10.2 Å². The third kappa shape index (κ3) is 7.42. The Hall–Kier alpha value is -1.44. The zero-order valence-corrected chi connectivity index (χ0v) is 15.4. The number of benzene rings is 1. The Labute approximate surface area is 145 Å². The van der Waals surface area contributed by atoms with Crippen molar-refractivity contribution in [3.05, 3.63) is 29.8 Å². The molecule has 0 radical (unpaired) electrons. The SMILES string of the molecule is CCCCN(CCCC)CCNC(=O)c1ccc(S(N)(=O)=O)cc1. The molecule has 24 heavy (non-hydrogen) atoms. The van der Waals surface area contributed by atoms with Crippen LogP contribution in [-0.4, -0.2) is 45.4 Å². The largest absolute Gasteiger partial charge is 0.351 e. The van der Waals surface area contributed by atoms with Crippen LogP contribution in [0.15, 0.2) is 29.2 Å². The highest BCUT2D eigenvalue weighted by atomic mass is 32.2. The second-order valence-electron chi connectivity index (χ2n) is 5.87. The number of sulfonamides is 1. The molecule has 1 aromatic rings. The molecule has 0 aliphatic carbocycles. The first-order valence-electron chi connectivity index (χ1n) is 8.52. The van der Waals surface area contributed by atoms with Gasteiger partial charge in [0.05, 0.1) is 4.90 Å². The van der Waals surface area contributed by atoms with E-state index in [0.717, 1.165) is 45.3 Å². The minimum Gasteiger partial charge on any atom is -0.351 e. The van der Waals surface area contributed by atoms with Crippen LogP contribution in [0.1, 0.15) is 49.9 Å². The number of primary sulfonamides is 1. The van der Waals surface area contributed by atoms with Crippen LogP contribution in [0.4, 0.5) is 0 Å². The van der Waals surface area contributed by atoms with Crippen molar-refractivity contribution in [2.45, 2.75) is 44.4 Å². The van der Waals surface area contributed by atoms with Gasteiger partial charge in [-0.05, 0) is 50.2 Å². The van der Waals surface area contributed by atoms with Gasteiger partial charge in [-0.3, -0.25) is 4.79 Å². The molecule has 1 rings (SSSR count). The van der Waals surface area contributed by atoms with Crippen LogP contribution in [0.3, 0.4) is 0 Å². The molecule has 0 atom stereocenters. The third-order valence-corrected chi connectivity index (χ3v) is 4.74. The summed E-state index contributed by atoms with van der Waals surface area (Å²) in [6.45, 7) is 7.84. The molecular formula is C17H29N3O3S. The quantitative estimate of drug-likeness (QED) is 0.635. The molecule has 0 aliphatic rings. The van der Waals surface area contributed by atoms with E-state index in [2.05, 4.69) is 24.1 Å². The predicted molar refractivity (Wildman–Crippen MR) is 96.4 cm³/mol. The maximum atomic E-state index is 12.1. The first kappa shape index (κ1) is 20.6. The molecule has 0 heterocycles. The number of amides is 1. The van der Waals surface area contributed by atoms with Gasteiger partial charge in [0.25, 0.3) is 5.91 Å². The van der Waals surface area contributed by atoms with Crippen LogP contribution in [0.25, 0.3) is 0 Å². The van der Waals surface area contributed by atoms with Crippen LogP contribution in [0.2, 0.25) is 0 Å². The number of nitrogens with one attached hydrogen (secondary N) is 1. The summed E-state index contributed by atoms with van der Waals surface area (Å²) < 4.78 is 22.4. The van der Waals surface area contributed by atoms with Crippen molar-refractivity contribution in [1.29, 1.82) is 0 Å². The second-order valence-corrected chi connectivity index (χ2v) is 7.44. The van der Waals surface area contributed by atoms with Crippen molar-refractivity contribution >= 4 is 15.9 Å². The summed E-state index contributed by atoms with van der Waals surface area (Å²) in [6, 6.07) is 5.64. The fraction of sp³-hybridized carbons (Fsp3) is 0.588. The zero-order chi connectivity index (χ0) is 18.0. The number of rotatable bonds is 11. The highest BCUT2D eigenvalue weighted by Gasteiger charge is 2.10. The molecule has 0 fully saturated rings. The molecule has 0 saturated heterocycles. The normalized spacial score (nSPS) is 11.7. The Morgan fingerprint density at radius 3 is 2.04 bits per heavy atom. The molecule has 136 valence electrons. The molecule has 0 aliphatic heterocycles. The van der Waals surface area contributed by atoms with Gasteiger partial charge < -0.3 is 10.2 Å². The lowest BCUT2D eigenvalue weighted by atomic mass is 10.2. The van der Waals surface area contributed by atoms with Gasteiger partial charge in [0.2, 0.25) is 10.0 Å². The third-order valence-electron chi connectivity index (χ3n) is 3.81. The number of carbonyl (C=O) groups is 1. The average Bonchev–Trinajstić information content (AvgIpc) is 2.56. The van der Waals surface area contributed by atoms with Crippen molar-refractivity contribution < 1.29 is 13.2 Å². The summed E-state index contributed by atoms with van der Waals surface area (Å²) in [4.78, 5) is 14.5. The van der Waals surface area contributed by atoms with E-state index in [1.165, 1.54) is 24.3 Å². The van der Waals surface area contributed by atoms with Gasteiger partial charge in [-0.2, -0.15) is 0 Å². The molecule has 0 aromatic heterocycles. The van der Waals surface area contributed by atoms with E-state index in [0.29, 0.717) is 12.1 Å². The highest BCUT2D eigenvalue weighted by Crippen LogP contribution is 2.08. The van der Waals surface area contributed by atoms with Crippen LogP contribution >= 0.6 is 0 Å². The summed E-state index contributed by atoms with van der Waals surface area (Å²) in [6.07, 6.45) is 4.64. The Morgan fingerprint density at radius 1 is 1.04 bits per heavy atom. The number of nitrogens with two attached hydrogens (primary N) is 1.